The summed E-state index contributed by atoms with van der Waals surface area (Å²) in [5.74, 6) is 1.05. The van der Waals surface area contributed by atoms with E-state index in [9.17, 15) is 9.59 Å². The van der Waals surface area contributed by atoms with Crippen molar-refractivity contribution in [2.45, 2.75) is 25.4 Å². The number of primary amides is 1. The van der Waals surface area contributed by atoms with E-state index in [0.29, 0.717) is 17.1 Å². The first-order chi connectivity index (χ1) is 14.5. The van der Waals surface area contributed by atoms with E-state index in [0.717, 1.165) is 5.69 Å². The summed E-state index contributed by atoms with van der Waals surface area (Å²) in [5.41, 5.74) is 6.80. The Labute approximate surface area is 175 Å². The van der Waals surface area contributed by atoms with Crippen LogP contribution in [0.25, 0.3) is 0 Å². The third-order valence-corrected chi connectivity index (χ3v) is 4.45. The number of nitrogens with zero attached hydrogens (tertiary/aromatic N) is 1. The molecule has 2 atom stereocenters. The summed E-state index contributed by atoms with van der Waals surface area (Å²) in [4.78, 5) is 28.4. The highest BCUT2D eigenvalue weighted by Crippen LogP contribution is 2.26. The molecule has 4 N–H and O–H groups in total. The second-order valence-corrected chi connectivity index (χ2v) is 6.80. The van der Waals surface area contributed by atoms with Gasteiger partial charge >= 0.3 is 6.03 Å². The Morgan fingerprint density at radius 3 is 2.40 bits per heavy atom. The van der Waals surface area contributed by atoms with Crippen molar-refractivity contribution in [3.63, 3.8) is 0 Å². The Balaban J connectivity index is 1.71. The van der Waals surface area contributed by atoms with Gasteiger partial charge in [0.2, 0.25) is 5.91 Å². The smallest absolute Gasteiger partial charge is 0.312 e. The van der Waals surface area contributed by atoms with Crippen molar-refractivity contribution in [3.8, 4) is 11.5 Å². The van der Waals surface area contributed by atoms with Gasteiger partial charge in [0, 0.05) is 6.20 Å². The normalized spacial score (nSPS) is 12.4. The van der Waals surface area contributed by atoms with E-state index in [1.807, 2.05) is 61.5 Å². The number of urea groups is 1. The molecule has 0 radical (unpaired) electrons. The molecular formula is C23H24N4O3. The van der Waals surface area contributed by atoms with Crippen molar-refractivity contribution >= 4 is 11.9 Å². The molecule has 30 heavy (non-hydrogen) atoms. The average molecular weight is 404 g/mol. The summed E-state index contributed by atoms with van der Waals surface area (Å²) in [5, 5.41) is 5.54. The Hall–Kier alpha value is -3.87. The van der Waals surface area contributed by atoms with Gasteiger partial charge in [0.05, 0.1) is 24.2 Å². The lowest BCUT2D eigenvalue weighted by Gasteiger charge is -2.20. The van der Waals surface area contributed by atoms with Gasteiger partial charge in [-0.05, 0) is 48.9 Å². The minimum atomic E-state index is -0.708. The van der Waals surface area contributed by atoms with E-state index in [-0.39, 0.29) is 18.4 Å². The monoisotopic (exact) mass is 404 g/mol. The maximum absolute atomic E-state index is 12.6. The van der Waals surface area contributed by atoms with Crippen LogP contribution < -0.4 is 21.1 Å². The van der Waals surface area contributed by atoms with Crippen molar-refractivity contribution in [3.05, 3.63) is 90.3 Å². The van der Waals surface area contributed by atoms with Gasteiger partial charge in [0.15, 0.2) is 0 Å². The lowest BCUT2D eigenvalue weighted by atomic mass is 10.0. The number of amides is 3. The number of hydrogen-bond donors (Lipinski definition) is 3. The molecule has 1 heterocycles. The maximum atomic E-state index is 12.6. The van der Waals surface area contributed by atoms with Gasteiger partial charge in [0.1, 0.15) is 11.5 Å². The van der Waals surface area contributed by atoms with Gasteiger partial charge in [-0.1, -0.05) is 36.4 Å². The second-order valence-electron chi connectivity index (χ2n) is 6.80. The van der Waals surface area contributed by atoms with Crippen LogP contribution in [0.2, 0.25) is 0 Å². The lowest BCUT2D eigenvalue weighted by molar-refractivity contribution is -0.122. The highest BCUT2D eigenvalue weighted by Gasteiger charge is 2.20. The summed E-state index contributed by atoms with van der Waals surface area (Å²) in [7, 11) is 0. The molecule has 0 aliphatic carbocycles. The number of ether oxygens (including phenoxy) is 1. The number of carbonyl (C=O) groups is 2. The fourth-order valence-electron chi connectivity index (χ4n) is 3.04. The Kier molecular flexibility index (Phi) is 7.00. The fourth-order valence-corrected chi connectivity index (χ4v) is 3.04. The average Bonchev–Trinajstić information content (AvgIpc) is 2.74. The largest absolute Gasteiger partial charge is 0.457 e. The van der Waals surface area contributed by atoms with Crippen LogP contribution in [0.1, 0.15) is 36.7 Å². The van der Waals surface area contributed by atoms with Gasteiger partial charge < -0.3 is 21.1 Å². The predicted molar refractivity (Wildman–Crippen MR) is 114 cm³/mol. The van der Waals surface area contributed by atoms with Crippen LogP contribution in [0.15, 0.2) is 79.0 Å². The summed E-state index contributed by atoms with van der Waals surface area (Å²) in [6.07, 6.45) is 1.70. The van der Waals surface area contributed by atoms with Crippen molar-refractivity contribution in [1.29, 1.82) is 0 Å². The maximum Gasteiger partial charge on any atom is 0.312 e. The second kappa shape index (κ2) is 10.1. The molecule has 0 saturated heterocycles. The van der Waals surface area contributed by atoms with E-state index in [1.165, 1.54) is 0 Å². The number of rotatable bonds is 8. The number of pyridine rings is 1. The molecule has 3 amide bonds. The third-order valence-electron chi connectivity index (χ3n) is 4.45. The van der Waals surface area contributed by atoms with Crippen molar-refractivity contribution in [2.24, 2.45) is 5.73 Å². The summed E-state index contributed by atoms with van der Waals surface area (Å²) in [6.45, 7) is 1.85. The molecule has 7 heteroatoms. The van der Waals surface area contributed by atoms with Crippen LogP contribution in [-0.2, 0) is 4.79 Å². The summed E-state index contributed by atoms with van der Waals surface area (Å²) < 4.78 is 5.85. The molecule has 3 aromatic rings. The molecule has 0 unspecified atom stereocenters. The van der Waals surface area contributed by atoms with Crippen LogP contribution in [0, 0.1) is 0 Å². The summed E-state index contributed by atoms with van der Waals surface area (Å²) >= 11 is 0. The zero-order valence-electron chi connectivity index (χ0n) is 16.6. The first kappa shape index (κ1) is 20.9. The highest BCUT2D eigenvalue weighted by atomic mass is 16.5. The van der Waals surface area contributed by atoms with Gasteiger partial charge in [-0.25, -0.2) is 4.79 Å². The van der Waals surface area contributed by atoms with E-state index in [1.54, 1.807) is 24.4 Å². The van der Waals surface area contributed by atoms with Crippen molar-refractivity contribution in [1.82, 2.24) is 15.6 Å². The topological polar surface area (TPSA) is 106 Å². The third kappa shape index (κ3) is 6.07. The molecule has 3 rings (SSSR count). The molecule has 0 bridgehead atoms. The van der Waals surface area contributed by atoms with Gasteiger partial charge in [-0.15, -0.1) is 0 Å². The number of nitrogens with two attached hydrogens (primary N) is 1. The Morgan fingerprint density at radius 2 is 1.70 bits per heavy atom. The number of nitrogens with one attached hydrogen (secondary N) is 2. The molecule has 0 fully saturated rings. The highest BCUT2D eigenvalue weighted by molar-refractivity contribution is 5.79. The molecule has 154 valence electrons. The molecular weight excluding hydrogens is 380 g/mol. The molecule has 2 aromatic carbocycles. The van der Waals surface area contributed by atoms with Crippen LogP contribution >= 0.6 is 0 Å². The van der Waals surface area contributed by atoms with Crippen molar-refractivity contribution < 1.29 is 14.3 Å². The van der Waals surface area contributed by atoms with E-state index in [4.69, 9.17) is 10.5 Å². The SMILES string of the molecule is C[C@@H](NC(=O)C[C@@H](NC(N)=O)c1cccc(Oc2ccccc2)c1)c1ccccn1. The molecule has 0 saturated carbocycles. The Morgan fingerprint density at radius 1 is 0.967 bits per heavy atom. The van der Waals surface area contributed by atoms with E-state index < -0.39 is 12.1 Å². The molecule has 0 spiro atoms. The fraction of sp³-hybridized carbons (Fsp3) is 0.174. The zero-order chi connectivity index (χ0) is 21.3. The van der Waals surface area contributed by atoms with E-state index in [2.05, 4.69) is 15.6 Å². The standard InChI is InChI=1S/C23H24N4O3/c1-16(20-12-5-6-13-25-20)26-22(28)15-21(27-23(24)29)17-8-7-11-19(14-17)30-18-9-3-2-4-10-18/h2-14,16,21H,15H2,1H3,(H,26,28)(H3,24,27,29)/t16-,21-/m1/s1. The molecule has 0 aliphatic rings. The summed E-state index contributed by atoms with van der Waals surface area (Å²) in [6, 6.07) is 20.5. The Bertz CT molecular complexity index is 980. The zero-order valence-corrected chi connectivity index (χ0v) is 16.6. The number of aromatic nitrogens is 1. The van der Waals surface area contributed by atoms with Crippen LogP contribution in [0.4, 0.5) is 4.79 Å². The van der Waals surface area contributed by atoms with Gasteiger partial charge in [0.25, 0.3) is 0 Å². The number of carbonyl (C=O) groups excluding carboxylic acids is 2. The van der Waals surface area contributed by atoms with Gasteiger partial charge in [-0.2, -0.15) is 0 Å². The van der Waals surface area contributed by atoms with Crippen LogP contribution in [0.3, 0.4) is 0 Å². The van der Waals surface area contributed by atoms with Crippen molar-refractivity contribution in [2.75, 3.05) is 0 Å². The number of benzene rings is 2. The van der Waals surface area contributed by atoms with Crippen LogP contribution in [0.5, 0.6) is 11.5 Å². The minimum Gasteiger partial charge on any atom is -0.457 e. The van der Waals surface area contributed by atoms with E-state index >= 15 is 0 Å². The molecule has 0 aliphatic heterocycles. The first-order valence-electron chi connectivity index (χ1n) is 9.60. The van der Waals surface area contributed by atoms with Crippen LogP contribution in [-0.4, -0.2) is 16.9 Å². The lowest BCUT2D eigenvalue weighted by Crippen LogP contribution is -2.37. The number of hydrogen-bond acceptors (Lipinski definition) is 4. The minimum absolute atomic E-state index is 0.0227. The molecule has 7 nitrogen and oxygen atoms in total. The molecule has 1 aromatic heterocycles. The van der Waals surface area contributed by atoms with Gasteiger partial charge in [-0.3, -0.25) is 9.78 Å². The first-order valence-corrected chi connectivity index (χ1v) is 9.60. The quantitative estimate of drug-likeness (QED) is 0.530. The predicted octanol–water partition coefficient (Wildman–Crippen LogP) is 3.85. The number of para-hydroxylation sites is 1.